The monoisotopic (exact) mass is 600 g/mol. The number of rotatable bonds is 4. The molecule has 0 N–H and O–H groups in total. The van der Waals surface area contributed by atoms with Gasteiger partial charge in [-0.25, -0.2) is 0 Å². The minimum absolute atomic E-state index is 0. The third-order valence-corrected chi connectivity index (χ3v) is 12.8. The molecule has 5 heteroatoms. The third-order valence-electron chi connectivity index (χ3n) is 7.46. The minimum atomic E-state index is -0.929. The van der Waals surface area contributed by atoms with E-state index in [9.17, 15) is 0 Å². The molecule has 4 aromatic rings. The van der Waals surface area contributed by atoms with Crippen molar-refractivity contribution in [3.05, 3.63) is 118 Å². The van der Waals surface area contributed by atoms with Crippen LogP contribution in [0.5, 0.6) is 0 Å². The van der Waals surface area contributed by atoms with Crippen molar-refractivity contribution in [2.75, 3.05) is 0 Å². The van der Waals surface area contributed by atoms with Gasteiger partial charge in [-0.3, -0.25) is 0 Å². The SMILES string of the molecule is CC1=Cc2c(-c3ccccn3)ccc(C)c2[CH]1[Zr+2][CH]1C(C)=Cc2c(-c3ccccn3)ccc(C)c21.[Cl-].[Cl-]. The zero-order chi connectivity index (χ0) is 24.1. The number of hydrogen-bond acceptors (Lipinski definition) is 2. The molecule has 0 spiro atoms. The summed E-state index contributed by atoms with van der Waals surface area (Å²) in [6.07, 6.45) is 8.69. The Morgan fingerprint density at radius 1 is 0.568 bits per heavy atom. The van der Waals surface area contributed by atoms with Crippen LogP contribution in [0.1, 0.15) is 54.5 Å². The summed E-state index contributed by atoms with van der Waals surface area (Å²) in [6, 6.07) is 21.5. The van der Waals surface area contributed by atoms with Crippen LogP contribution in [-0.2, 0) is 23.2 Å². The van der Waals surface area contributed by atoms with Gasteiger partial charge >= 0.3 is 220 Å². The first kappa shape index (κ1) is 27.7. The van der Waals surface area contributed by atoms with Gasteiger partial charge in [0.15, 0.2) is 0 Å². The molecular weight excluding hydrogens is 574 g/mol. The van der Waals surface area contributed by atoms with Crippen molar-refractivity contribution in [2.45, 2.75) is 34.9 Å². The molecule has 2 nitrogen and oxygen atoms in total. The van der Waals surface area contributed by atoms with Crippen LogP contribution in [0.2, 0.25) is 0 Å². The fraction of sp³-hybridized carbons (Fsp3) is 0.188. The Morgan fingerprint density at radius 3 is 1.38 bits per heavy atom. The molecule has 0 bridgehead atoms. The van der Waals surface area contributed by atoms with Crippen LogP contribution >= 0.6 is 0 Å². The van der Waals surface area contributed by atoms with Crippen molar-refractivity contribution in [2.24, 2.45) is 0 Å². The van der Waals surface area contributed by atoms with E-state index in [-0.39, 0.29) is 24.8 Å². The average Bonchev–Trinajstić information content (AvgIpc) is 3.38. The van der Waals surface area contributed by atoms with E-state index < -0.39 is 23.2 Å². The van der Waals surface area contributed by atoms with Crippen molar-refractivity contribution >= 4 is 12.2 Å². The predicted octanol–water partition coefficient (Wildman–Crippen LogP) is 2.13. The predicted molar refractivity (Wildman–Crippen MR) is 142 cm³/mol. The Kier molecular flexibility index (Phi) is 8.39. The summed E-state index contributed by atoms with van der Waals surface area (Å²) < 4.78 is 1.16. The summed E-state index contributed by atoms with van der Waals surface area (Å²) in [5.74, 6) is 0. The van der Waals surface area contributed by atoms with Crippen LogP contribution in [0.25, 0.3) is 34.7 Å². The molecule has 2 aliphatic carbocycles. The Morgan fingerprint density at radius 2 is 1.00 bits per heavy atom. The van der Waals surface area contributed by atoms with Crippen molar-refractivity contribution in [1.82, 2.24) is 9.97 Å². The van der Waals surface area contributed by atoms with E-state index >= 15 is 0 Å². The van der Waals surface area contributed by atoms with E-state index in [1.807, 2.05) is 24.5 Å². The number of halogens is 2. The molecule has 37 heavy (non-hydrogen) atoms. The van der Waals surface area contributed by atoms with E-state index in [0.717, 1.165) is 11.4 Å². The molecule has 2 heterocycles. The minimum Gasteiger partial charge on any atom is -1.00 e. The Labute approximate surface area is 243 Å². The summed E-state index contributed by atoms with van der Waals surface area (Å²) in [4.78, 5) is 9.34. The van der Waals surface area contributed by atoms with Gasteiger partial charge in [-0.15, -0.1) is 0 Å². The number of nitrogens with zero attached hydrogens (tertiary/aromatic N) is 2. The largest absolute Gasteiger partial charge is 1.00 e. The molecule has 2 aromatic carbocycles. The fourth-order valence-electron chi connectivity index (χ4n) is 5.73. The molecule has 0 fully saturated rings. The topological polar surface area (TPSA) is 25.8 Å². The molecule has 0 aliphatic heterocycles. The number of pyridine rings is 2. The van der Waals surface area contributed by atoms with Crippen LogP contribution in [0.4, 0.5) is 0 Å². The number of benzene rings is 2. The van der Waals surface area contributed by atoms with Gasteiger partial charge in [0.05, 0.1) is 0 Å². The number of aryl methyl sites for hydroxylation is 2. The van der Waals surface area contributed by atoms with Crippen molar-refractivity contribution in [3.8, 4) is 22.5 Å². The zero-order valence-electron chi connectivity index (χ0n) is 21.4. The maximum absolute atomic E-state index is 4.67. The average molecular weight is 603 g/mol. The van der Waals surface area contributed by atoms with Crippen LogP contribution in [0, 0.1) is 13.8 Å². The van der Waals surface area contributed by atoms with Crippen LogP contribution in [0.3, 0.4) is 0 Å². The van der Waals surface area contributed by atoms with Gasteiger partial charge in [-0.05, 0) is 0 Å². The number of aromatic nitrogens is 2. The molecule has 6 rings (SSSR count). The van der Waals surface area contributed by atoms with Crippen LogP contribution in [0.15, 0.2) is 84.2 Å². The maximum Gasteiger partial charge on any atom is -1.00 e. The number of fused-ring (bicyclic) bond motifs is 2. The molecule has 184 valence electrons. The molecule has 0 radical (unpaired) electrons. The number of hydrogen-bond donors (Lipinski definition) is 0. The first-order valence-corrected chi connectivity index (χ1v) is 15.1. The second kappa shape index (κ2) is 11.2. The first-order chi connectivity index (χ1) is 17.0. The van der Waals surface area contributed by atoms with E-state index in [2.05, 4.69) is 98.3 Å². The Bertz CT molecular complexity index is 1400. The molecule has 2 aromatic heterocycles. The maximum atomic E-state index is 4.67. The molecule has 0 saturated carbocycles. The van der Waals surface area contributed by atoms with E-state index in [1.165, 1.54) is 44.5 Å². The van der Waals surface area contributed by atoms with Crippen molar-refractivity contribution < 1.29 is 48.0 Å². The standard InChI is InChI=1S/2C16H14N.2ClH.Zr/c2*1-11-9-14-12(2)6-7-13(15(14)10-11)16-5-3-4-8-17-16;;;/h2*3-10H,1-2H3;2*1H;/q;;;;+2/p-2. The van der Waals surface area contributed by atoms with Gasteiger partial charge in [-0.2, -0.15) is 0 Å². The quantitative estimate of drug-likeness (QED) is 0.358. The molecule has 2 aliphatic rings. The van der Waals surface area contributed by atoms with E-state index in [4.69, 9.17) is 0 Å². The van der Waals surface area contributed by atoms with E-state index in [0.29, 0.717) is 7.25 Å². The molecular formula is C32H28Cl2N2Zr. The van der Waals surface area contributed by atoms with E-state index in [1.54, 1.807) is 11.1 Å². The van der Waals surface area contributed by atoms with Crippen LogP contribution in [-0.4, -0.2) is 9.97 Å². The first-order valence-electron chi connectivity index (χ1n) is 12.2. The summed E-state index contributed by atoms with van der Waals surface area (Å²) in [7, 11) is 0. The number of allylic oxidation sites excluding steroid dienone is 2. The molecule has 0 amide bonds. The van der Waals surface area contributed by atoms with Crippen molar-refractivity contribution in [3.63, 3.8) is 0 Å². The van der Waals surface area contributed by atoms with Gasteiger partial charge in [0, 0.05) is 0 Å². The van der Waals surface area contributed by atoms with Gasteiger partial charge in [0.25, 0.3) is 0 Å². The summed E-state index contributed by atoms with van der Waals surface area (Å²) in [5.41, 5.74) is 16.4. The second-order valence-corrected chi connectivity index (χ2v) is 13.4. The smallest absolute Gasteiger partial charge is 1.00 e. The molecule has 2 unspecified atom stereocenters. The Balaban J connectivity index is 0.00000160. The van der Waals surface area contributed by atoms with Gasteiger partial charge in [0.2, 0.25) is 0 Å². The fourth-order valence-corrected chi connectivity index (χ4v) is 11.0. The van der Waals surface area contributed by atoms with Gasteiger partial charge in [-0.1, -0.05) is 0 Å². The normalized spacial score (nSPS) is 17.0. The van der Waals surface area contributed by atoms with Gasteiger partial charge < -0.3 is 24.8 Å². The second-order valence-electron chi connectivity index (χ2n) is 9.75. The molecule has 0 saturated heterocycles. The Hall–Kier alpha value is -2.32. The third kappa shape index (κ3) is 4.83. The summed E-state index contributed by atoms with van der Waals surface area (Å²) in [5, 5.41) is 0. The molecule has 2 atom stereocenters. The summed E-state index contributed by atoms with van der Waals surface area (Å²) in [6.45, 7) is 9.27. The summed E-state index contributed by atoms with van der Waals surface area (Å²) >= 11 is -0.929. The zero-order valence-corrected chi connectivity index (χ0v) is 25.4. The van der Waals surface area contributed by atoms with Crippen molar-refractivity contribution in [1.29, 1.82) is 0 Å². The van der Waals surface area contributed by atoms with Gasteiger partial charge in [0.1, 0.15) is 0 Å². The van der Waals surface area contributed by atoms with Crippen LogP contribution < -0.4 is 24.8 Å².